The number of nitrogens with two attached hydrogens (primary N) is 2. The number of likely N-dealkylation sites (N-methyl/N-ethyl adjacent to an activating group) is 1. The fourth-order valence-corrected chi connectivity index (χ4v) is 5.84. The van der Waals surface area contributed by atoms with Crippen LogP contribution in [0.15, 0.2) is 59.5 Å². The van der Waals surface area contributed by atoms with E-state index in [1.807, 2.05) is 19.9 Å². The molecule has 0 spiro atoms. The summed E-state index contributed by atoms with van der Waals surface area (Å²) in [5.41, 5.74) is 8.47. The van der Waals surface area contributed by atoms with Crippen molar-refractivity contribution in [3.05, 3.63) is 83.0 Å². The van der Waals surface area contributed by atoms with Crippen LogP contribution in [0, 0.1) is 28.9 Å². The zero-order chi connectivity index (χ0) is 36.7. The Kier molecular flexibility index (Phi) is 12.1. The van der Waals surface area contributed by atoms with Crippen molar-refractivity contribution in [2.24, 2.45) is 22.5 Å². The number of anilines is 1. The maximum Gasteiger partial charge on any atom is 0.270 e. The molecule has 0 radical (unpaired) electrons. The summed E-state index contributed by atoms with van der Waals surface area (Å²) >= 11 is 0. The number of carbonyl (C=O) groups is 3. The summed E-state index contributed by atoms with van der Waals surface area (Å²) in [6.07, 6.45) is 7.73. The number of H-pyrrole nitrogens is 1. The number of aromatic amines is 1. The van der Waals surface area contributed by atoms with Gasteiger partial charge in [0.05, 0.1) is 23.2 Å². The summed E-state index contributed by atoms with van der Waals surface area (Å²) in [4.78, 5) is 50.4. The molecule has 3 aromatic rings. The standard InChI is InChI=1S/C36H43F2N9O3/c1-21(2)12-33(45(5)35(49)32-16-27-28(38)14-25(37)15-31(27)44-32)36(50)46(22(3)17-39)18-24(20-48)26-13-23(9-10-30(26)42-4)29(40)19-47(41)34-8-6-7-11-43-34/h8-11,13-16,19-22,24,33,42,44H,6-7,12,18,40-41H2,1-5H3/b29-19-/t22?,24?,33-/m0/s1. The molecule has 0 aliphatic carbocycles. The number of fused-ring (bicyclic) bond motifs is 1. The number of aliphatic imine (C=N–C) groups is 1. The van der Waals surface area contributed by atoms with Gasteiger partial charge in [-0.15, -0.1) is 0 Å². The molecule has 2 heterocycles. The molecule has 0 saturated carbocycles. The van der Waals surface area contributed by atoms with Crippen molar-refractivity contribution < 1.29 is 23.2 Å². The van der Waals surface area contributed by atoms with E-state index in [1.54, 1.807) is 31.5 Å². The monoisotopic (exact) mass is 687 g/mol. The Bertz CT molecular complexity index is 1880. The minimum absolute atomic E-state index is 0.0280. The second-order valence-electron chi connectivity index (χ2n) is 12.6. The van der Waals surface area contributed by atoms with Crippen molar-refractivity contribution in [2.45, 2.75) is 58.0 Å². The minimum Gasteiger partial charge on any atom is -0.397 e. The van der Waals surface area contributed by atoms with Gasteiger partial charge in [-0.2, -0.15) is 5.26 Å². The molecule has 12 nitrogen and oxygen atoms in total. The van der Waals surface area contributed by atoms with Crippen molar-refractivity contribution in [1.29, 1.82) is 5.26 Å². The number of aromatic nitrogens is 1. The molecule has 0 bridgehead atoms. The van der Waals surface area contributed by atoms with E-state index in [4.69, 9.17) is 11.6 Å². The summed E-state index contributed by atoms with van der Waals surface area (Å²) in [6, 6.07) is 8.38. The van der Waals surface area contributed by atoms with Crippen LogP contribution in [0.25, 0.3) is 16.6 Å². The topological polar surface area (TPSA) is 177 Å². The molecule has 2 aromatic carbocycles. The van der Waals surface area contributed by atoms with Gasteiger partial charge in [-0.25, -0.2) is 19.6 Å². The molecule has 0 saturated heterocycles. The Morgan fingerprint density at radius 3 is 2.52 bits per heavy atom. The maximum absolute atomic E-state index is 14.4. The zero-order valence-corrected chi connectivity index (χ0v) is 28.8. The molecule has 14 heteroatoms. The van der Waals surface area contributed by atoms with Crippen LogP contribution in [-0.2, 0) is 9.59 Å². The van der Waals surface area contributed by atoms with Crippen LogP contribution in [0.1, 0.15) is 67.6 Å². The first-order valence-electron chi connectivity index (χ1n) is 16.3. The Morgan fingerprint density at radius 2 is 1.90 bits per heavy atom. The van der Waals surface area contributed by atoms with Gasteiger partial charge in [0.15, 0.2) is 0 Å². The lowest BCUT2D eigenvalue weighted by molar-refractivity contribution is -0.137. The van der Waals surface area contributed by atoms with E-state index in [2.05, 4.69) is 21.4 Å². The van der Waals surface area contributed by atoms with Gasteiger partial charge in [0, 0.05) is 50.2 Å². The van der Waals surface area contributed by atoms with Crippen LogP contribution < -0.4 is 16.9 Å². The number of nitriles is 1. The van der Waals surface area contributed by atoms with E-state index < -0.39 is 41.5 Å². The average molecular weight is 688 g/mol. The Hall–Kier alpha value is -5.55. The number of benzene rings is 2. The second kappa shape index (κ2) is 16.2. The minimum atomic E-state index is -1.06. The summed E-state index contributed by atoms with van der Waals surface area (Å²) in [5, 5.41) is 14.4. The normalized spacial score (nSPS) is 14.8. The third-order valence-corrected chi connectivity index (χ3v) is 8.59. The lowest BCUT2D eigenvalue weighted by Crippen LogP contribution is -2.53. The SMILES string of the molecule is CNc1ccc(/C(N)=C/N(N)C2=CCCC=N2)cc1C(C=O)CN(C(=O)[C@H](CC(C)C)N(C)C(=O)c1cc2c(F)cc(F)cc2[nH]1)C(C)C#N. The first-order valence-corrected chi connectivity index (χ1v) is 16.3. The van der Waals surface area contributed by atoms with Gasteiger partial charge in [-0.3, -0.25) is 14.6 Å². The molecular weight excluding hydrogens is 644 g/mol. The summed E-state index contributed by atoms with van der Waals surface area (Å²) in [6.45, 7) is 5.12. The number of rotatable bonds is 14. The van der Waals surface area contributed by atoms with Gasteiger partial charge in [0.25, 0.3) is 5.91 Å². The largest absolute Gasteiger partial charge is 0.397 e. The second-order valence-corrected chi connectivity index (χ2v) is 12.6. The van der Waals surface area contributed by atoms with Gasteiger partial charge in [-0.1, -0.05) is 19.9 Å². The molecule has 4 rings (SSSR count). The molecular formula is C36H43F2N9O3. The smallest absolute Gasteiger partial charge is 0.270 e. The van der Waals surface area contributed by atoms with E-state index in [1.165, 1.54) is 41.0 Å². The van der Waals surface area contributed by atoms with E-state index in [9.17, 15) is 28.4 Å². The van der Waals surface area contributed by atoms with Crippen molar-refractivity contribution in [3.63, 3.8) is 0 Å². The molecule has 264 valence electrons. The Labute approximate surface area is 290 Å². The summed E-state index contributed by atoms with van der Waals surface area (Å²) in [5.74, 6) is 2.94. The number of amides is 2. The van der Waals surface area contributed by atoms with E-state index >= 15 is 0 Å². The van der Waals surface area contributed by atoms with Crippen LogP contribution in [0.2, 0.25) is 0 Å². The number of hydrazine groups is 1. The van der Waals surface area contributed by atoms with Crippen molar-refractivity contribution >= 4 is 46.6 Å². The summed E-state index contributed by atoms with van der Waals surface area (Å²) in [7, 11) is 3.13. The van der Waals surface area contributed by atoms with Crippen LogP contribution in [0.4, 0.5) is 14.5 Å². The predicted molar refractivity (Wildman–Crippen MR) is 189 cm³/mol. The van der Waals surface area contributed by atoms with Gasteiger partial charge in [0.1, 0.15) is 41.5 Å². The zero-order valence-electron chi connectivity index (χ0n) is 28.8. The van der Waals surface area contributed by atoms with Gasteiger partial charge in [0.2, 0.25) is 5.91 Å². The molecule has 50 heavy (non-hydrogen) atoms. The lowest BCUT2D eigenvalue weighted by Gasteiger charge is -2.35. The fourth-order valence-electron chi connectivity index (χ4n) is 5.84. The lowest BCUT2D eigenvalue weighted by atomic mass is 9.93. The first kappa shape index (κ1) is 37.3. The average Bonchev–Trinajstić information content (AvgIpc) is 3.54. The molecule has 0 fully saturated rings. The van der Waals surface area contributed by atoms with E-state index in [-0.39, 0.29) is 35.5 Å². The molecule has 2 amide bonds. The Morgan fingerprint density at radius 1 is 1.16 bits per heavy atom. The fraction of sp³-hybridized carbons (Fsp3) is 0.361. The van der Waals surface area contributed by atoms with Crippen LogP contribution in [0.5, 0.6) is 0 Å². The highest BCUT2D eigenvalue weighted by Crippen LogP contribution is 2.30. The number of allylic oxidation sites excluding steroid dienone is 1. The van der Waals surface area contributed by atoms with E-state index in [0.717, 1.165) is 25.0 Å². The van der Waals surface area contributed by atoms with Crippen molar-refractivity contribution in [1.82, 2.24) is 19.8 Å². The number of halogens is 2. The number of nitrogens with zero attached hydrogens (tertiary/aromatic N) is 5. The maximum atomic E-state index is 14.4. The molecule has 6 N–H and O–H groups in total. The van der Waals surface area contributed by atoms with Crippen LogP contribution >= 0.6 is 0 Å². The summed E-state index contributed by atoms with van der Waals surface area (Å²) < 4.78 is 28.3. The molecule has 2 unspecified atom stereocenters. The third kappa shape index (κ3) is 8.35. The molecule has 1 aromatic heterocycles. The predicted octanol–water partition coefficient (Wildman–Crippen LogP) is 4.84. The van der Waals surface area contributed by atoms with Gasteiger partial charge < -0.3 is 30.6 Å². The number of nitrogens with one attached hydrogen (secondary N) is 2. The molecule has 1 aliphatic heterocycles. The van der Waals surface area contributed by atoms with Crippen LogP contribution in [0.3, 0.4) is 0 Å². The number of hydrogen-bond donors (Lipinski definition) is 4. The van der Waals surface area contributed by atoms with Gasteiger partial charge >= 0.3 is 0 Å². The highest BCUT2D eigenvalue weighted by atomic mass is 19.1. The Balaban J connectivity index is 1.66. The number of hydrogen-bond acceptors (Lipinski definition) is 9. The molecule has 3 atom stereocenters. The first-order chi connectivity index (χ1) is 23.8. The van der Waals surface area contributed by atoms with Crippen LogP contribution in [-0.4, -0.2) is 76.8 Å². The van der Waals surface area contributed by atoms with Crippen molar-refractivity contribution in [3.8, 4) is 6.07 Å². The van der Waals surface area contributed by atoms with Gasteiger partial charge in [-0.05, 0) is 73.6 Å². The highest BCUT2D eigenvalue weighted by Gasteiger charge is 2.36. The number of aldehydes is 1. The van der Waals surface area contributed by atoms with E-state index in [0.29, 0.717) is 34.6 Å². The third-order valence-electron chi connectivity index (χ3n) is 8.59. The van der Waals surface area contributed by atoms with Crippen molar-refractivity contribution in [2.75, 3.05) is 26.0 Å². The molecule has 1 aliphatic rings. The number of carbonyl (C=O) groups excluding carboxylic acids is 3. The highest BCUT2D eigenvalue weighted by molar-refractivity contribution is 6.00. The quantitative estimate of drug-likeness (QED) is 0.106.